The van der Waals surface area contributed by atoms with Crippen LogP contribution in [0.1, 0.15) is 26.3 Å². The van der Waals surface area contributed by atoms with Crippen LogP contribution in [-0.2, 0) is 0 Å². The molecule has 0 aliphatic rings. The van der Waals surface area contributed by atoms with Crippen molar-refractivity contribution in [2.24, 2.45) is 0 Å². The lowest BCUT2D eigenvalue weighted by molar-refractivity contribution is 0.101. The molecule has 4 nitrogen and oxygen atoms in total. The SMILES string of the molecule is Cc1ccc(C(=O)Nc2cccc(Cl)c2)cc1NC(=O)c1ccccc1. The number of carbonyl (C=O) groups excluding carboxylic acids is 2. The Labute approximate surface area is 156 Å². The molecule has 0 saturated carbocycles. The van der Waals surface area contributed by atoms with Crippen molar-refractivity contribution in [1.82, 2.24) is 0 Å². The molecule has 3 rings (SSSR count). The summed E-state index contributed by atoms with van der Waals surface area (Å²) >= 11 is 5.94. The minimum absolute atomic E-state index is 0.221. The first kappa shape index (κ1) is 17.7. The van der Waals surface area contributed by atoms with Crippen molar-refractivity contribution >= 4 is 34.8 Å². The minimum atomic E-state index is -0.275. The third-order valence-electron chi connectivity index (χ3n) is 3.87. The van der Waals surface area contributed by atoms with Crippen molar-refractivity contribution in [2.75, 3.05) is 10.6 Å². The first-order valence-electron chi connectivity index (χ1n) is 8.07. The fourth-order valence-electron chi connectivity index (χ4n) is 2.45. The Kier molecular flexibility index (Phi) is 5.34. The topological polar surface area (TPSA) is 58.2 Å². The molecule has 0 heterocycles. The number of amides is 2. The molecule has 0 aliphatic heterocycles. The van der Waals surface area contributed by atoms with Gasteiger partial charge in [0, 0.05) is 27.5 Å². The van der Waals surface area contributed by atoms with E-state index in [1.54, 1.807) is 66.7 Å². The number of benzene rings is 3. The molecule has 0 atom stereocenters. The molecule has 2 N–H and O–H groups in total. The van der Waals surface area contributed by atoms with Crippen LogP contribution in [0.25, 0.3) is 0 Å². The van der Waals surface area contributed by atoms with E-state index in [-0.39, 0.29) is 11.8 Å². The lowest BCUT2D eigenvalue weighted by Gasteiger charge is -2.11. The number of rotatable bonds is 4. The number of hydrogen-bond acceptors (Lipinski definition) is 2. The number of anilines is 2. The molecular formula is C21H17ClN2O2. The van der Waals surface area contributed by atoms with E-state index in [4.69, 9.17) is 11.6 Å². The first-order valence-corrected chi connectivity index (χ1v) is 8.45. The maximum atomic E-state index is 12.5. The quantitative estimate of drug-likeness (QED) is 0.672. The van der Waals surface area contributed by atoms with Crippen LogP contribution in [0.3, 0.4) is 0 Å². The third-order valence-corrected chi connectivity index (χ3v) is 4.10. The summed E-state index contributed by atoms with van der Waals surface area (Å²) in [4.78, 5) is 24.8. The number of halogens is 1. The molecule has 0 bridgehead atoms. The maximum Gasteiger partial charge on any atom is 0.255 e. The number of aryl methyl sites for hydroxylation is 1. The smallest absolute Gasteiger partial charge is 0.255 e. The molecule has 2 amide bonds. The number of hydrogen-bond donors (Lipinski definition) is 2. The van der Waals surface area contributed by atoms with Crippen molar-refractivity contribution in [2.45, 2.75) is 6.92 Å². The highest BCUT2D eigenvalue weighted by Gasteiger charge is 2.12. The van der Waals surface area contributed by atoms with Gasteiger partial charge in [0.1, 0.15) is 0 Å². The van der Waals surface area contributed by atoms with Gasteiger partial charge in [-0.3, -0.25) is 9.59 Å². The van der Waals surface area contributed by atoms with E-state index in [0.29, 0.717) is 27.5 Å². The third kappa shape index (κ3) is 4.29. The van der Waals surface area contributed by atoms with Crippen LogP contribution in [0, 0.1) is 6.92 Å². The molecule has 130 valence electrons. The Bertz CT molecular complexity index is 955. The van der Waals surface area contributed by atoms with E-state index in [1.165, 1.54) is 0 Å². The molecule has 0 spiro atoms. The fraction of sp³-hybridized carbons (Fsp3) is 0.0476. The first-order chi connectivity index (χ1) is 12.5. The molecule has 3 aromatic carbocycles. The van der Waals surface area contributed by atoms with Crippen molar-refractivity contribution in [3.8, 4) is 0 Å². The van der Waals surface area contributed by atoms with Crippen LogP contribution in [0.2, 0.25) is 5.02 Å². The van der Waals surface area contributed by atoms with Gasteiger partial charge >= 0.3 is 0 Å². The summed E-state index contributed by atoms with van der Waals surface area (Å²) in [5.74, 6) is -0.497. The van der Waals surface area contributed by atoms with Crippen molar-refractivity contribution in [1.29, 1.82) is 0 Å². The maximum absolute atomic E-state index is 12.5. The van der Waals surface area contributed by atoms with Gasteiger partial charge in [0.25, 0.3) is 11.8 Å². The number of carbonyl (C=O) groups is 2. The predicted octanol–water partition coefficient (Wildman–Crippen LogP) is 5.15. The zero-order chi connectivity index (χ0) is 18.5. The molecule has 0 aromatic heterocycles. The Morgan fingerprint density at radius 2 is 1.50 bits per heavy atom. The summed E-state index contributed by atoms with van der Waals surface area (Å²) in [5.41, 5.74) is 3.07. The molecule has 0 unspecified atom stereocenters. The average molecular weight is 365 g/mol. The summed E-state index contributed by atoms with van der Waals surface area (Å²) < 4.78 is 0. The highest BCUT2D eigenvalue weighted by molar-refractivity contribution is 6.31. The van der Waals surface area contributed by atoms with E-state index >= 15 is 0 Å². The average Bonchev–Trinajstić information content (AvgIpc) is 2.64. The minimum Gasteiger partial charge on any atom is -0.322 e. The highest BCUT2D eigenvalue weighted by atomic mass is 35.5. The van der Waals surface area contributed by atoms with Gasteiger partial charge in [-0.1, -0.05) is 41.9 Å². The molecule has 0 aliphatic carbocycles. The molecule has 5 heteroatoms. The Morgan fingerprint density at radius 3 is 2.23 bits per heavy atom. The van der Waals surface area contributed by atoms with Crippen molar-refractivity contribution in [3.05, 3.63) is 94.5 Å². The Balaban J connectivity index is 1.79. The summed E-state index contributed by atoms with van der Waals surface area (Å²) in [6, 6.07) is 21.0. The zero-order valence-electron chi connectivity index (χ0n) is 14.1. The fourth-order valence-corrected chi connectivity index (χ4v) is 2.64. The zero-order valence-corrected chi connectivity index (χ0v) is 14.9. The van der Waals surface area contributed by atoms with Crippen LogP contribution in [0.4, 0.5) is 11.4 Å². The number of nitrogens with one attached hydrogen (secondary N) is 2. The lowest BCUT2D eigenvalue weighted by Crippen LogP contribution is -2.15. The van der Waals surface area contributed by atoms with E-state index < -0.39 is 0 Å². The lowest BCUT2D eigenvalue weighted by atomic mass is 10.1. The van der Waals surface area contributed by atoms with Gasteiger partial charge in [-0.15, -0.1) is 0 Å². The normalized spacial score (nSPS) is 10.2. The van der Waals surface area contributed by atoms with Crippen LogP contribution in [0.5, 0.6) is 0 Å². The largest absolute Gasteiger partial charge is 0.322 e. The van der Waals surface area contributed by atoms with Crippen molar-refractivity contribution in [3.63, 3.8) is 0 Å². The van der Waals surface area contributed by atoms with E-state index in [9.17, 15) is 9.59 Å². The molecular weight excluding hydrogens is 348 g/mol. The molecule has 0 saturated heterocycles. The molecule has 0 fully saturated rings. The van der Waals surface area contributed by atoms with Crippen LogP contribution < -0.4 is 10.6 Å². The predicted molar refractivity (Wildman–Crippen MR) is 105 cm³/mol. The molecule has 3 aromatic rings. The van der Waals surface area contributed by atoms with Crippen LogP contribution in [-0.4, -0.2) is 11.8 Å². The van der Waals surface area contributed by atoms with E-state index in [2.05, 4.69) is 10.6 Å². The highest BCUT2D eigenvalue weighted by Crippen LogP contribution is 2.20. The summed E-state index contributed by atoms with van der Waals surface area (Å²) in [6.07, 6.45) is 0. The standard InChI is InChI=1S/C21H17ClN2O2/c1-14-10-11-16(21(26)23-18-9-5-8-17(22)13-18)12-19(14)24-20(25)15-6-3-2-4-7-15/h2-13H,1H3,(H,23,26)(H,24,25). The molecule has 0 radical (unpaired) electrons. The monoisotopic (exact) mass is 364 g/mol. The second-order valence-corrected chi connectivity index (χ2v) is 6.25. The Hall–Kier alpha value is -3.11. The second kappa shape index (κ2) is 7.85. The van der Waals surface area contributed by atoms with Gasteiger partial charge in [-0.25, -0.2) is 0 Å². The van der Waals surface area contributed by atoms with Crippen LogP contribution >= 0.6 is 11.6 Å². The summed E-state index contributed by atoms with van der Waals surface area (Å²) in [6.45, 7) is 1.87. The van der Waals surface area contributed by atoms with E-state index in [0.717, 1.165) is 5.56 Å². The summed E-state index contributed by atoms with van der Waals surface area (Å²) in [5, 5.41) is 6.19. The van der Waals surface area contributed by atoms with Gasteiger partial charge in [0.15, 0.2) is 0 Å². The summed E-state index contributed by atoms with van der Waals surface area (Å²) in [7, 11) is 0. The molecule has 26 heavy (non-hydrogen) atoms. The second-order valence-electron chi connectivity index (χ2n) is 5.81. The van der Waals surface area contributed by atoms with Crippen LogP contribution in [0.15, 0.2) is 72.8 Å². The van der Waals surface area contributed by atoms with Gasteiger partial charge in [0.05, 0.1) is 0 Å². The van der Waals surface area contributed by atoms with Gasteiger partial charge in [-0.2, -0.15) is 0 Å². The van der Waals surface area contributed by atoms with Gasteiger partial charge in [0.2, 0.25) is 0 Å². The van der Waals surface area contributed by atoms with Crippen molar-refractivity contribution < 1.29 is 9.59 Å². The Morgan fingerprint density at radius 1 is 0.769 bits per heavy atom. The van der Waals surface area contributed by atoms with E-state index in [1.807, 2.05) is 13.0 Å². The van der Waals surface area contributed by atoms with Gasteiger partial charge < -0.3 is 10.6 Å². The van der Waals surface area contributed by atoms with Gasteiger partial charge in [-0.05, 0) is 55.0 Å².